The van der Waals surface area contributed by atoms with Crippen LogP contribution in [0.4, 0.5) is 13.2 Å². The van der Waals surface area contributed by atoms with Gasteiger partial charge in [0.2, 0.25) is 0 Å². The fourth-order valence-corrected chi connectivity index (χ4v) is 4.31. The monoisotopic (exact) mass is 419 g/mol. The Balaban J connectivity index is 0.00000243. The molecule has 0 unspecified atom stereocenters. The number of aryl methyl sites for hydroxylation is 1. The molecule has 0 bridgehead atoms. The molecule has 0 saturated carbocycles. The summed E-state index contributed by atoms with van der Waals surface area (Å²) in [6.07, 6.45) is -2.50. The predicted molar refractivity (Wildman–Crippen MR) is 96.8 cm³/mol. The van der Waals surface area contributed by atoms with Gasteiger partial charge < -0.3 is 12.4 Å². The van der Waals surface area contributed by atoms with Crippen LogP contribution in [-0.4, -0.2) is 15.7 Å². The Morgan fingerprint density at radius 1 is 1.19 bits per heavy atom. The van der Waals surface area contributed by atoms with Crippen LogP contribution in [0.1, 0.15) is 23.7 Å². The van der Waals surface area contributed by atoms with E-state index in [2.05, 4.69) is 16.9 Å². The number of nitrogens with one attached hydrogen (secondary N) is 1. The van der Waals surface area contributed by atoms with Crippen molar-refractivity contribution in [1.82, 2.24) is 9.97 Å². The van der Waals surface area contributed by atoms with Crippen LogP contribution in [-0.2, 0) is 11.9 Å². The zero-order valence-electron chi connectivity index (χ0n) is 14.1. The number of hydrogen-bond donors (Lipinski definition) is 1. The van der Waals surface area contributed by atoms with E-state index in [1.807, 2.05) is 29.8 Å². The highest BCUT2D eigenvalue weighted by molar-refractivity contribution is 8.76. The van der Waals surface area contributed by atoms with E-state index in [0.29, 0.717) is 17.0 Å². The molecule has 2 heterocycles. The number of H-pyrrole nitrogens is 1. The van der Waals surface area contributed by atoms with Crippen LogP contribution in [0.3, 0.4) is 0 Å². The van der Waals surface area contributed by atoms with Gasteiger partial charge in [0.1, 0.15) is 5.52 Å². The number of aromatic nitrogens is 3. The Hall–Kier alpha value is -1.38. The van der Waals surface area contributed by atoms with Gasteiger partial charge in [-0.3, -0.25) is 0 Å². The van der Waals surface area contributed by atoms with Crippen LogP contribution in [0.15, 0.2) is 36.5 Å². The Morgan fingerprint density at radius 2 is 1.96 bits per heavy atom. The van der Waals surface area contributed by atoms with Crippen molar-refractivity contribution >= 4 is 32.6 Å². The molecular formula is C17H17ClF3N3S2. The number of aromatic amines is 1. The molecule has 0 fully saturated rings. The van der Waals surface area contributed by atoms with Gasteiger partial charge >= 0.3 is 12.1 Å². The lowest BCUT2D eigenvalue weighted by Gasteiger charge is -2.07. The molecule has 9 heteroatoms. The molecule has 0 aliphatic carbocycles. The van der Waals surface area contributed by atoms with E-state index in [4.69, 9.17) is 0 Å². The second-order valence-electron chi connectivity index (χ2n) is 5.47. The molecule has 0 spiro atoms. The van der Waals surface area contributed by atoms with E-state index in [9.17, 15) is 13.2 Å². The van der Waals surface area contributed by atoms with Gasteiger partial charge in [-0.05, 0) is 36.8 Å². The second-order valence-corrected chi connectivity index (χ2v) is 8.22. The van der Waals surface area contributed by atoms with Gasteiger partial charge in [-0.15, -0.1) is 0 Å². The van der Waals surface area contributed by atoms with Gasteiger partial charge in [-0.1, -0.05) is 39.6 Å². The zero-order chi connectivity index (χ0) is 18.0. The van der Waals surface area contributed by atoms with Crippen molar-refractivity contribution < 1.29 is 30.1 Å². The molecule has 3 aromatic rings. The van der Waals surface area contributed by atoms with E-state index in [-0.39, 0.29) is 12.4 Å². The molecule has 0 atom stereocenters. The molecule has 140 valence electrons. The number of imidazole rings is 1. The fraction of sp³-hybridized carbons (Fsp3) is 0.294. The number of alkyl halides is 3. The Bertz CT molecular complexity index is 897. The summed E-state index contributed by atoms with van der Waals surface area (Å²) in [4.78, 5) is 7.50. The Morgan fingerprint density at radius 3 is 2.65 bits per heavy atom. The summed E-state index contributed by atoms with van der Waals surface area (Å²) < 4.78 is 40.6. The number of benzene rings is 1. The summed E-state index contributed by atoms with van der Waals surface area (Å²) >= 11 is 0. The fourth-order valence-electron chi connectivity index (χ4n) is 2.49. The molecule has 1 N–H and O–H groups in total. The third kappa shape index (κ3) is 4.47. The summed E-state index contributed by atoms with van der Waals surface area (Å²) in [5, 5.41) is 0. The third-order valence-corrected chi connectivity index (χ3v) is 6.10. The quantitative estimate of drug-likeness (QED) is 0.390. The minimum absolute atomic E-state index is 0. The first-order valence-electron chi connectivity index (χ1n) is 7.72. The van der Waals surface area contributed by atoms with Crippen molar-refractivity contribution in [2.24, 2.45) is 0 Å². The molecule has 3 rings (SSSR count). The van der Waals surface area contributed by atoms with Crippen LogP contribution in [0.5, 0.6) is 0 Å². The molecular weight excluding hydrogens is 403 g/mol. The lowest BCUT2D eigenvalue weighted by molar-refractivity contribution is -0.610. The van der Waals surface area contributed by atoms with Crippen molar-refractivity contribution in [2.75, 3.05) is 5.75 Å². The van der Waals surface area contributed by atoms with Crippen molar-refractivity contribution in [2.45, 2.75) is 25.8 Å². The SMILES string of the molecule is CCSSCc1c(C)ccc[n+]1-c1nc2cc(C(F)(F)F)ccc2[nH]1.[Cl-]. The topological polar surface area (TPSA) is 32.6 Å². The van der Waals surface area contributed by atoms with Crippen molar-refractivity contribution in [3.05, 3.63) is 53.3 Å². The van der Waals surface area contributed by atoms with Crippen molar-refractivity contribution in [1.29, 1.82) is 0 Å². The van der Waals surface area contributed by atoms with E-state index >= 15 is 0 Å². The number of fused-ring (bicyclic) bond motifs is 1. The van der Waals surface area contributed by atoms with Gasteiger partial charge in [0, 0.05) is 5.75 Å². The molecule has 0 aliphatic rings. The highest BCUT2D eigenvalue weighted by Gasteiger charge is 2.31. The predicted octanol–water partition coefficient (Wildman–Crippen LogP) is 2.07. The number of hydrogen-bond acceptors (Lipinski definition) is 3. The highest BCUT2D eigenvalue weighted by Crippen LogP contribution is 2.31. The molecule has 0 radical (unpaired) electrons. The van der Waals surface area contributed by atoms with Crippen LogP contribution in [0.25, 0.3) is 17.0 Å². The van der Waals surface area contributed by atoms with Crippen molar-refractivity contribution in [3.8, 4) is 5.95 Å². The van der Waals surface area contributed by atoms with E-state index < -0.39 is 11.7 Å². The molecule has 0 amide bonds. The molecule has 3 nitrogen and oxygen atoms in total. The maximum Gasteiger partial charge on any atom is 0.416 e. The minimum Gasteiger partial charge on any atom is -1.00 e. The van der Waals surface area contributed by atoms with Gasteiger partial charge in [0.25, 0.3) is 0 Å². The van der Waals surface area contributed by atoms with E-state index in [0.717, 1.165) is 34.9 Å². The Kier molecular flexibility index (Phi) is 6.87. The maximum atomic E-state index is 12.9. The van der Waals surface area contributed by atoms with Crippen LogP contribution < -0.4 is 17.0 Å². The summed E-state index contributed by atoms with van der Waals surface area (Å²) in [5.74, 6) is 2.33. The molecule has 2 aromatic heterocycles. The number of pyridine rings is 1. The summed E-state index contributed by atoms with van der Waals surface area (Å²) in [7, 11) is 3.52. The van der Waals surface area contributed by atoms with Gasteiger partial charge in [0.15, 0.2) is 5.52 Å². The van der Waals surface area contributed by atoms with Crippen LogP contribution >= 0.6 is 21.6 Å². The maximum absolute atomic E-state index is 12.9. The Labute approximate surface area is 163 Å². The first-order chi connectivity index (χ1) is 11.9. The number of halogens is 4. The van der Waals surface area contributed by atoms with Gasteiger partial charge in [0.05, 0.1) is 23.2 Å². The minimum atomic E-state index is -4.37. The normalized spacial score (nSPS) is 11.6. The van der Waals surface area contributed by atoms with Gasteiger partial charge in [-0.25, -0.2) is 9.55 Å². The molecule has 1 aromatic carbocycles. The first kappa shape index (κ1) is 20.9. The molecule has 26 heavy (non-hydrogen) atoms. The zero-order valence-corrected chi connectivity index (χ0v) is 16.5. The van der Waals surface area contributed by atoms with Crippen LogP contribution in [0, 0.1) is 6.92 Å². The number of rotatable bonds is 5. The summed E-state index contributed by atoms with van der Waals surface area (Å²) in [5.41, 5.74) is 2.38. The van der Waals surface area contributed by atoms with E-state index in [1.54, 1.807) is 21.6 Å². The van der Waals surface area contributed by atoms with Gasteiger partial charge in [-0.2, -0.15) is 13.2 Å². The standard InChI is InChI=1S/C17H17F3N3S2.ClH/c1-3-24-25-10-15-11(2)5-4-8-23(15)16-21-13-7-6-12(17(18,19)20)9-14(13)22-16;/h4-9H,3,10H2,1-2H3,(H,21,22);1H/q+1;/p-1. The number of nitrogens with zero attached hydrogens (tertiary/aromatic N) is 2. The highest BCUT2D eigenvalue weighted by atomic mass is 35.5. The van der Waals surface area contributed by atoms with E-state index in [1.165, 1.54) is 6.07 Å². The van der Waals surface area contributed by atoms with Crippen molar-refractivity contribution in [3.63, 3.8) is 0 Å². The smallest absolute Gasteiger partial charge is 0.416 e. The largest absolute Gasteiger partial charge is 1.00 e. The molecule has 0 saturated heterocycles. The second kappa shape index (κ2) is 8.54. The lowest BCUT2D eigenvalue weighted by atomic mass is 10.2. The summed E-state index contributed by atoms with van der Waals surface area (Å²) in [6.45, 7) is 4.12. The van der Waals surface area contributed by atoms with Crippen LogP contribution in [0.2, 0.25) is 0 Å². The molecule has 0 aliphatic heterocycles. The first-order valence-corrected chi connectivity index (χ1v) is 10.2. The third-order valence-electron chi connectivity index (χ3n) is 3.75. The summed E-state index contributed by atoms with van der Waals surface area (Å²) in [6, 6.07) is 7.50. The average molecular weight is 420 g/mol. The average Bonchev–Trinajstić information content (AvgIpc) is 2.98. The lowest BCUT2D eigenvalue weighted by Crippen LogP contribution is -3.00.